The molecular formula is C14H12N2. The smallest absolute Gasteiger partial charge is 0.0273 e. The van der Waals surface area contributed by atoms with Gasteiger partial charge in [-0.1, -0.05) is 24.3 Å². The van der Waals surface area contributed by atoms with E-state index in [1.165, 1.54) is 0 Å². The van der Waals surface area contributed by atoms with E-state index in [2.05, 4.69) is 9.97 Å². The van der Waals surface area contributed by atoms with E-state index in [-0.39, 0.29) is 0 Å². The van der Waals surface area contributed by atoms with Gasteiger partial charge in [-0.2, -0.15) is 0 Å². The molecule has 2 rings (SSSR count). The van der Waals surface area contributed by atoms with E-state index in [0.29, 0.717) is 0 Å². The number of aromatic nitrogens is 2. The Kier molecular flexibility index (Phi) is 3.61. The lowest BCUT2D eigenvalue weighted by Gasteiger charge is -1.89. The predicted molar refractivity (Wildman–Crippen MR) is 66.5 cm³/mol. The van der Waals surface area contributed by atoms with Crippen molar-refractivity contribution in [3.63, 3.8) is 0 Å². The Balaban J connectivity index is 1.98. The Morgan fingerprint density at radius 2 is 1.00 bits per heavy atom. The van der Waals surface area contributed by atoms with Crippen LogP contribution < -0.4 is 0 Å². The minimum Gasteiger partial charge on any atom is -0.265 e. The quantitative estimate of drug-likeness (QED) is 0.724. The second-order valence-corrected chi connectivity index (χ2v) is 3.28. The molecule has 0 saturated heterocycles. The van der Waals surface area contributed by atoms with Crippen LogP contribution in [-0.4, -0.2) is 9.97 Å². The molecule has 2 heteroatoms. The molecule has 0 amide bonds. The van der Waals surface area contributed by atoms with Crippen molar-refractivity contribution in [1.82, 2.24) is 9.97 Å². The fourth-order valence-corrected chi connectivity index (χ4v) is 1.28. The highest BCUT2D eigenvalue weighted by atomic mass is 14.6. The van der Waals surface area contributed by atoms with Crippen molar-refractivity contribution in [2.45, 2.75) is 0 Å². The lowest BCUT2D eigenvalue weighted by Crippen LogP contribution is -1.72. The SMILES string of the molecule is C(/C=C\c1ccncc1)=C/c1ccncc1. The summed E-state index contributed by atoms with van der Waals surface area (Å²) in [4.78, 5) is 7.92. The maximum Gasteiger partial charge on any atom is 0.0273 e. The van der Waals surface area contributed by atoms with Crippen LogP contribution in [0.3, 0.4) is 0 Å². The van der Waals surface area contributed by atoms with Crippen LogP contribution in [0.5, 0.6) is 0 Å². The van der Waals surface area contributed by atoms with Crippen molar-refractivity contribution < 1.29 is 0 Å². The highest BCUT2D eigenvalue weighted by Gasteiger charge is 1.82. The van der Waals surface area contributed by atoms with Crippen molar-refractivity contribution >= 4 is 12.2 Å². The van der Waals surface area contributed by atoms with Gasteiger partial charge in [0.25, 0.3) is 0 Å². The number of pyridine rings is 2. The maximum absolute atomic E-state index is 3.96. The zero-order valence-electron chi connectivity index (χ0n) is 8.82. The van der Waals surface area contributed by atoms with E-state index >= 15 is 0 Å². The number of allylic oxidation sites excluding steroid dienone is 2. The molecule has 0 saturated carbocycles. The van der Waals surface area contributed by atoms with Crippen LogP contribution in [0.2, 0.25) is 0 Å². The molecule has 0 unspecified atom stereocenters. The van der Waals surface area contributed by atoms with Crippen LogP contribution >= 0.6 is 0 Å². The average molecular weight is 208 g/mol. The van der Waals surface area contributed by atoms with Crippen molar-refractivity contribution in [3.8, 4) is 0 Å². The maximum atomic E-state index is 3.96. The minimum absolute atomic E-state index is 1.15. The Labute approximate surface area is 95.0 Å². The monoisotopic (exact) mass is 208 g/mol. The average Bonchev–Trinajstić information content (AvgIpc) is 2.37. The third-order valence-corrected chi connectivity index (χ3v) is 2.10. The van der Waals surface area contributed by atoms with Gasteiger partial charge in [-0.3, -0.25) is 9.97 Å². The molecule has 0 bridgehead atoms. The number of hydrogen-bond donors (Lipinski definition) is 0. The van der Waals surface area contributed by atoms with E-state index in [1.54, 1.807) is 24.8 Å². The van der Waals surface area contributed by atoms with Crippen molar-refractivity contribution in [1.29, 1.82) is 0 Å². The first kappa shape index (κ1) is 10.3. The number of rotatable bonds is 3. The van der Waals surface area contributed by atoms with Crippen LogP contribution in [0, 0.1) is 0 Å². The second kappa shape index (κ2) is 5.61. The van der Waals surface area contributed by atoms with Gasteiger partial charge in [-0.05, 0) is 35.4 Å². The molecule has 2 aromatic heterocycles. The van der Waals surface area contributed by atoms with E-state index in [0.717, 1.165) is 11.1 Å². The van der Waals surface area contributed by atoms with Crippen molar-refractivity contribution in [3.05, 3.63) is 72.3 Å². The summed E-state index contributed by atoms with van der Waals surface area (Å²) in [7, 11) is 0. The van der Waals surface area contributed by atoms with Crippen LogP contribution in [-0.2, 0) is 0 Å². The summed E-state index contributed by atoms with van der Waals surface area (Å²) >= 11 is 0. The van der Waals surface area contributed by atoms with E-state index in [9.17, 15) is 0 Å². The van der Waals surface area contributed by atoms with Gasteiger partial charge in [-0.25, -0.2) is 0 Å². The van der Waals surface area contributed by atoms with E-state index in [1.807, 2.05) is 48.6 Å². The summed E-state index contributed by atoms with van der Waals surface area (Å²) in [5.41, 5.74) is 2.30. The lowest BCUT2D eigenvalue weighted by molar-refractivity contribution is 1.32. The van der Waals surface area contributed by atoms with E-state index < -0.39 is 0 Å². The van der Waals surface area contributed by atoms with Crippen LogP contribution in [0.15, 0.2) is 61.2 Å². The highest BCUT2D eigenvalue weighted by molar-refractivity contribution is 5.56. The van der Waals surface area contributed by atoms with Gasteiger partial charge in [0.05, 0.1) is 0 Å². The predicted octanol–water partition coefficient (Wildman–Crippen LogP) is 3.20. The standard InChI is InChI=1S/C14H12N2/c1(3-13-5-9-15-10-6-13)2-4-14-7-11-16-12-8-14/h1-12H/b3-1-,4-2-. The third kappa shape index (κ3) is 3.17. The zero-order valence-corrected chi connectivity index (χ0v) is 8.82. The highest BCUT2D eigenvalue weighted by Crippen LogP contribution is 2.02. The summed E-state index contributed by atoms with van der Waals surface area (Å²) in [6, 6.07) is 7.88. The molecule has 0 fully saturated rings. The third-order valence-electron chi connectivity index (χ3n) is 2.10. The van der Waals surface area contributed by atoms with Gasteiger partial charge >= 0.3 is 0 Å². The molecule has 0 radical (unpaired) electrons. The zero-order chi connectivity index (χ0) is 11.1. The molecule has 0 aliphatic carbocycles. The van der Waals surface area contributed by atoms with Crippen LogP contribution in [0.4, 0.5) is 0 Å². The topological polar surface area (TPSA) is 25.8 Å². The Morgan fingerprint density at radius 1 is 0.625 bits per heavy atom. The Bertz CT molecular complexity index is 425. The summed E-state index contributed by atoms with van der Waals surface area (Å²) in [6.45, 7) is 0. The molecule has 78 valence electrons. The van der Waals surface area contributed by atoms with Gasteiger partial charge in [-0.15, -0.1) is 0 Å². The molecule has 2 nitrogen and oxygen atoms in total. The number of hydrogen-bond acceptors (Lipinski definition) is 2. The van der Waals surface area contributed by atoms with Gasteiger partial charge in [0.15, 0.2) is 0 Å². The van der Waals surface area contributed by atoms with Gasteiger partial charge in [0.2, 0.25) is 0 Å². The molecule has 0 aromatic carbocycles. The molecule has 0 aliphatic rings. The Morgan fingerprint density at radius 3 is 1.38 bits per heavy atom. The van der Waals surface area contributed by atoms with E-state index in [4.69, 9.17) is 0 Å². The first-order chi connectivity index (χ1) is 7.95. The summed E-state index contributed by atoms with van der Waals surface area (Å²) in [5.74, 6) is 0. The minimum atomic E-state index is 1.15. The molecule has 0 aliphatic heterocycles. The fraction of sp³-hybridized carbons (Fsp3) is 0. The second-order valence-electron chi connectivity index (χ2n) is 3.28. The van der Waals surface area contributed by atoms with Gasteiger partial charge in [0, 0.05) is 24.8 Å². The molecule has 2 heterocycles. The summed E-state index contributed by atoms with van der Waals surface area (Å²) < 4.78 is 0. The number of nitrogens with zero attached hydrogens (tertiary/aromatic N) is 2. The molecule has 2 aromatic rings. The van der Waals surface area contributed by atoms with Crippen LogP contribution in [0.1, 0.15) is 11.1 Å². The summed E-state index contributed by atoms with van der Waals surface area (Å²) in [5, 5.41) is 0. The largest absolute Gasteiger partial charge is 0.265 e. The molecule has 0 atom stereocenters. The normalized spacial score (nSPS) is 11.2. The molecule has 0 spiro atoms. The Hall–Kier alpha value is -2.22. The van der Waals surface area contributed by atoms with Crippen molar-refractivity contribution in [2.75, 3.05) is 0 Å². The van der Waals surface area contributed by atoms with Gasteiger partial charge < -0.3 is 0 Å². The lowest BCUT2D eigenvalue weighted by atomic mass is 10.2. The van der Waals surface area contributed by atoms with Crippen LogP contribution in [0.25, 0.3) is 12.2 Å². The van der Waals surface area contributed by atoms with Gasteiger partial charge in [0.1, 0.15) is 0 Å². The fourth-order valence-electron chi connectivity index (χ4n) is 1.28. The first-order valence-corrected chi connectivity index (χ1v) is 5.10. The first-order valence-electron chi connectivity index (χ1n) is 5.10. The molecule has 16 heavy (non-hydrogen) atoms. The summed E-state index contributed by atoms with van der Waals surface area (Å²) in [6.07, 6.45) is 15.2. The molecular weight excluding hydrogens is 196 g/mol. The van der Waals surface area contributed by atoms with Crippen molar-refractivity contribution in [2.24, 2.45) is 0 Å². The molecule has 0 N–H and O–H groups in total.